The highest BCUT2D eigenvalue weighted by molar-refractivity contribution is 7.81. The first kappa shape index (κ1) is 13.8. The molecule has 1 amide bonds. The minimum atomic E-state index is -0.193. The van der Waals surface area contributed by atoms with Crippen molar-refractivity contribution in [3.05, 3.63) is 0 Å². The molecule has 0 heterocycles. The van der Waals surface area contributed by atoms with E-state index in [4.69, 9.17) is 0 Å². The molecule has 0 rings (SSSR count). The van der Waals surface area contributed by atoms with Crippen molar-refractivity contribution in [3.8, 4) is 0 Å². The van der Waals surface area contributed by atoms with Crippen LogP contribution in [-0.4, -0.2) is 42.7 Å². The van der Waals surface area contributed by atoms with Gasteiger partial charge in [0.15, 0.2) is 0 Å². The molecule has 0 aromatic carbocycles. The van der Waals surface area contributed by atoms with Gasteiger partial charge in [-0.25, -0.2) is 0 Å². The lowest BCUT2D eigenvalue weighted by molar-refractivity contribution is -0.121. The third-order valence-electron chi connectivity index (χ3n) is 2.23. The zero-order valence-electron chi connectivity index (χ0n) is 9.58. The summed E-state index contributed by atoms with van der Waals surface area (Å²) in [6, 6.07) is 0. The van der Waals surface area contributed by atoms with Gasteiger partial charge in [-0.1, -0.05) is 20.8 Å². The minimum Gasteiger partial charge on any atom is -0.354 e. The highest BCUT2D eigenvalue weighted by Crippen LogP contribution is 2.07. The smallest absolute Gasteiger partial charge is 0.233 e. The van der Waals surface area contributed by atoms with Crippen LogP contribution in [0.5, 0.6) is 0 Å². The lowest BCUT2D eigenvalue weighted by Gasteiger charge is -2.17. The number of hydrogen-bond donors (Lipinski definition) is 2. The van der Waals surface area contributed by atoms with Crippen molar-refractivity contribution >= 4 is 18.5 Å². The first-order chi connectivity index (χ1) is 6.49. The number of thiol groups is 1. The molecule has 0 fully saturated rings. The van der Waals surface area contributed by atoms with Gasteiger partial charge in [0.05, 0.1) is 5.25 Å². The Bertz CT molecular complexity index is 174. The van der Waals surface area contributed by atoms with Crippen molar-refractivity contribution in [3.63, 3.8) is 0 Å². The van der Waals surface area contributed by atoms with Crippen LogP contribution < -0.4 is 5.32 Å². The van der Waals surface area contributed by atoms with E-state index in [-0.39, 0.29) is 17.1 Å². The number of carbonyl (C=O) groups is 1. The summed E-state index contributed by atoms with van der Waals surface area (Å²) in [5, 5.41) is 2.68. The van der Waals surface area contributed by atoms with Gasteiger partial charge in [0, 0.05) is 13.1 Å². The summed E-state index contributed by atoms with van der Waals surface area (Å²) in [5.74, 6) is 0.315. The van der Waals surface area contributed by atoms with Crippen molar-refractivity contribution in [2.45, 2.75) is 26.0 Å². The molecule has 1 N–H and O–H groups in total. The number of likely N-dealkylation sites (N-methyl/N-ethyl adjacent to an activating group) is 1. The zero-order valence-corrected chi connectivity index (χ0v) is 10.5. The SMILES string of the molecule is CCN(C)CCNC(=O)C(S)C(C)C. The van der Waals surface area contributed by atoms with Crippen LogP contribution in [0.2, 0.25) is 0 Å². The molecule has 14 heavy (non-hydrogen) atoms. The van der Waals surface area contributed by atoms with E-state index in [0.717, 1.165) is 13.1 Å². The Morgan fingerprint density at radius 2 is 2.07 bits per heavy atom. The van der Waals surface area contributed by atoms with E-state index >= 15 is 0 Å². The average molecular weight is 218 g/mol. The van der Waals surface area contributed by atoms with Gasteiger partial charge in [-0.05, 0) is 19.5 Å². The molecule has 0 bridgehead atoms. The van der Waals surface area contributed by atoms with Crippen molar-refractivity contribution in [1.29, 1.82) is 0 Å². The highest BCUT2D eigenvalue weighted by Gasteiger charge is 2.16. The maximum Gasteiger partial charge on any atom is 0.233 e. The van der Waals surface area contributed by atoms with Crippen LogP contribution in [0, 0.1) is 5.92 Å². The minimum absolute atomic E-state index is 0.0350. The Kier molecular flexibility index (Phi) is 7.01. The van der Waals surface area contributed by atoms with Gasteiger partial charge in [0.25, 0.3) is 0 Å². The fourth-order valence-electron chi connectivity index (χ4n) is 0.935. The summed E-state index contributed by atoms with van der Waals surface area (Å²) in [6.07, 6.45) is 0. The number of amides is 1. The first-order valence-electron chi connectivity index (χ1n) is 5.13. The second-order valence-electron chi connectivity index (χ2n) is 3.88. The number of carbonyl (C=O) groups excluding carboxylic acids is 1. The van der Waals surface area contributed by atoms with Gasteiger partial charge >= 0.3 is 0 Å². The Labute approximate surface area is 92.7 Å². The van der Waals surface area contributed by atoms with E-state index in [1.807, 2.05) is 20.9 Å². The largest absolute Gasteiger partial charge is 0.354 e. The third-order valence-corrected chi connectivity index (χ3v) is 3.06. The Morgan fingerprint density at radius 3 is 2.50 bits per heavy atom. The van der Waals surface area contributed by atoms with Crippen LogP contribution in [0.3, 0.4) is 0 Å². The van der Waals surface area contributed by atoms with E-state index in [1.54, 1.807) is 0 Å². The van der Waals surface area contributed by atoms with Crippen LogP contribution in [0.4, 0.5) is 0 Å². The molecular weight excluding hydrogens is 196 g/mol. The quantitative estimate of drug-likeness (QED) is 0.652. The van der Waals surface area contributed by atoms with Crippen LogP contribution in [0.15, 0.2) is 0 Å². The molecule has 3 nitrogen and oxygen atoms in total. The van der Waals surface area contributed by atoms with Crippen LogP contribution in [0.1, 0.15) is 20.8 Å². The van der Waals surface area contributed by atoms with Gasteiger partial charge in [-0.2, -0.15) is 12.6 Å². The molecule has 1 atom stereocenters. The van der Waals surface area contributed by atoms with E-state index in [1.165, 1.54) is 0 Å². The first-order valence-corrected chi connectivity index (χ1v) is 5.65. The van der Waals surface area contributed by atoms with Crippen molar-refractivity contribution in [1.82, 2.24) is 10.2 Å². The lowest BCUT2D eigenvalue weighted by Crippen LogP contribution is -2.38. The molecule has 0 saturated heterocycles. The second kappa shape index (κ2) is 7.12. The number of nitrogens with one attached hydrogen (secondary N) is 1. The summed E-state index contributed by atoms with van der Waals surface area (Å²) in [6.45, 7) is 8.68. The summed E-state index contributed by atoms with van der Waals surface area (Å²) in [5.41, 5.74) is 0. The molecule has 84 valence electrons. The summed E-state index contributed by atoms with van der Waals surface area (Å²) in [7, 11) is 2.03. The van der Waals surface area contributed by atoms with Crippen LogP contribution >= 0.6 is 12.6 Å². The molecule has 0 aromatic heterocycles. The summed E-state index contributed by atoms with van der Waals surface area (Å²) < 4.78 is 0. The third kappa shape index (κ3) is 5.50. The molecule has 0 aromatic rings. The van der Waals surface area contributed by atoms with Crippen molar-refractivity contribution in [2.75, 3.05) is 26.7 Å². The maximum absolute atomic E-state index is 11.4. The molecule has 1 unspecified atom stereocenters. The number of nitrogens with zero attached hydrogens (tertiary/aromatic N) is 1. The van der Waals surface area contributed by atoms with Gasteiger partial charge in [-0.15, -0.1) is 0 Å². The molecule has 0 radical (unpaired) electrons. The molecule has 0 saturated carbocycles. The predicted octanol–water partition coefficient (Wildman–Crippen LogP) is 1.01. The summed E-state index contributed by atoms with van der Waals surface area (Å²) >= 11 is 4.24. The molecule has 0 spiro atoms. The fraction of sp³-hybridized carbons (Fsp3) is 0.900. The average Bonchev–Trinajstić information content (AvgIpc) is 2.15. The van der Waals surface area contributed by atoms with Gasteiger partial charge in [0.2, 0.25) is 5.91 Å². The normalized spacial score (nSPS) is 13.4. The molecule has 4 heteroatoms. The topological polar surface area (TPSA) is 32.3 Å². The maximum atomic E-state index is 11.4. The van der Waals surface area contributed by atoms with Crippen LogP contribution in [-0.2, 0) is 4.79 Å². The van der Waals surface area contributed by atoms with Crippen molar-refractivity contribution < 1.29 is 4.79 Å². The van der Waals surface area contributed by atoms with Crippen molar-refractivity contribution in [2.24, 2.45) is 5.92 Å². The highest BCUT2D eigenvalue weighted by atomic mass is 32.1. The number of rotatable bonds is 6. The Morgan fingerprint density at radius 1 is 1.50 bits per heavy atom. The molecule has 0 aliphatic rings. The van der Waals surface area contributed by atoms with E-state index in [2.05, 4.69) is 29.8 Å². The summed E-state index contributed by atoms with van der Waals surface area (Å²) in [4.78, 5) is 13.6. The van der Waals surface area contributed by atoms with Crippen LogP contribution in [0.25, 0.3) is 0 Å². The zero-order chi connectivity index (χ0) is 11.1. The van der Waals surface area contributed by atoms with Gasteiger partial charge in [-0.3, -0.25) is 4.79 Å². The van der Waals surface area contributed by atoms with E-state index < -0.39 is 0 Å². The lowest BCUT2D eigenvalue weighted by atomic mass is 10.1. The molecular formula is C10H22N2OS. The predicted molar refractivity (Wildman–Crippen MR) is 63.8 cm³/mol. The fourth-order valence-corrected chi connectivity index (χ4v) is 1.03. The van der Waals surface area contributed by atoms with Gasteiger partial charge in [0.1, 0.15) is 0 Å². The Balaban J connectivity index is 3.64. The second-order valence-corrected chi connectivity index (χ2v) is 4.43. The van der Waals surface area contributed by atoms with E-state index in [0.29, 0.717) is 6.54 Å². The molecule has 0 aliphatic heterocycles. The van der Waals surface area contributed by atoms with Gasteiger partial charge < -0.3 is 10.2 Å². The molecule has 0 aliphatic carbocycles. The Hall–Kier alpha value is -0.220. The monoisotopic (exact) mass is 218 g/mol. The van der Waals surface area contributed by atoms with E-state index in [9.17, 15) is 4.79 Å². The standard InChI is InChI=1S/C10H22N2OS/c1-5-12(4)7-6-11-10(13)9(14)8(2)3/h8-9,14H,5-7H2,1-4H3,(H,11,13). The number of hydrogen-bond acceptors (Lipinski definition) is 3.